The van der Waals surface area contributed by atoms with Gasteiger partial charge >= 0.3 is 0 Å². The van der Waals surface area contributed by atoms with Gasteiger partial charge in [-0.1, -0.05) is 54.6 Å². The molecule has 0 atom stereocenters. The van der Waals surface area contributed by atoms with E-state index in [4.69, 9.17) is 9.15 Å². The lowest BCUT2D eigenvalue weighted by Crippen LogP contribution is -2.22. The second-order valence-electron chi connectivity index (χ2n) is 12.8. The van der Waals surface area contributed by atoms with Crippen LogP contribution in [-0.2, 0) is 0 Å². The molecule has 6 aromatic carbocycles. The molecular formula is C42H34N4O2. The Bertz CT molecular complexity index is 2330. The van der Waals surface area contributed by atoms with Gasteiger partial charge in [0, 0.05) is 44.6 Å². The minimum atomic E-state index is -0.267. The number of anilines is 3. The van der Waals surface area contributed by atoms with Crippen molar-refractivity contribution in [3.8, 4) is 34.3 Å². The molecule has 0 spiro atoms. The summed E-state index contributed by atoms with van der Waals surface area (Å²) in [6.45, 7) is 6.08. The van der Waals surface area contributed by atoms with Crippen LogP contribution in [0, 0.1) is 0 Å². The fourth-order valence-electron chi connectivity index (χ4n) is 6.21. The summed E-state index contributed by atoms with van der Waals surface area (Å²) in [7, 11) is 0. The topological polar surface area (TPSA) is 56.3 Å². The Hall–Kier alpha value is -6.14. The third-order valence-corrected chi connectivity index (χ3v) is 8.27. The Balaban J connectivity index is 1.15. The molecule has 0 aliphatic rings. The van der Waals surface area contributed by atoms with Crippen molar-refractivity contribution < 1.29 is 9.15 Å². The van der Waals surface area contributed by atoms with Gasteiger partial charge in [-0.15, -0.1) is 10.2 Å². The molecule has 0 saturated carbocycles. The van der Waals surface area contributed by atoms with Crippen LogP contribution in [0.15, 0.2) is 156 Å². The fourth-order valence-corrected chi connectivity index (χ4v) is 6.21. The Kier molecular flexibility index (Phi) is 7.26. The molecule has 2 heterocycles. The average Bonchev–Trinajstić information content (AvgIpc) is 3.73. The van der Waals surface area contributed by atoms with Gasteiger partial charge in [-0.2, -0.15) is 0 Å². The molecule has 8 rings (SSSR count). The van der Waals surface area contributed by atoms with E-state index in [1.165, 1.54) is 16.3 Å². The number of para-hydroxylation sites is 3. The zero-order valence-corrected chi connectivity index (χ0v) is 27.0. The highest BCUT2D eigenvalue weighted by molar-refractivity contribution is 6.10. The van der Waals surface area contributed by atoms with Crippen molar-refractivity contribution in [2.75, 3.05) is 4.90 Å². The maximum absolute atomic E-state index is 6.12. The predicted octanol–water partition coefficient (Wildman–Crippen LogP) is 11.1. The summed E-state index contributed by atoms with van der Waals surface area (Å²) < 4.78 is 14.4. The number of hydrogen-bond donors (Lipinski definition) is 0. The van der Waals surface area contributed by atoms with Crippen LogP contribution < -0.4 is 9.64 Å². The van der Waals surface area contributed by atoms with Crippen molar-refractivity contribution in [3.63, 3.8) is 0 Å². The van der Waals surface area contributed by atoms with Crippen LogP contribution in [-0.4, -0.2) is 20.4 Å². The molecule has 0 N–H and O–H groups in total. The molecule has 0 amide bonds. The first kappa shape index (κ1) is 29.3. The molecular weight excluding hydrogens is 592 g/mol. The van der Waals surface area contributed by atoms with E-state index in [9.17, 15) is 0 Å². The van der Waals surface area contributed by atoms with Gasteiger partial charge in [0.1, 0.15) is 11.4 Å². The Morgan fingerprint density at radius 2 is 1.08 bits per heavy atom. The monoisotopic (exact) mass is 626 g/mol. The highest BCUT2D eigenvalue weighted by Crippen LogP contribution is 2.40. The van der Waals surface area contributed by atoms with E-state index in [0.29, 0.717) is 11.8 Å². The minimum absolute atomic E-state index is 0.267. The number of hydrogen-bond acceptors (Lipinski definition) is 5. The van der Waals surface area contributed by atoms with Crippen molar-refractivity contribution >= 4 is 38.9 Å². The average molecular weight is 627 g/mol. The summed E-state index contributed by atoms with van der Waals surface area (Å²) >= 11 is 0. The van der Waals surface area contributed by atoms with Gasteiger partial charge in [0.05, 0.1) is 11.0 Å². The molecule has 0 saturated heterocycles. The number of fused-ring (bicyclic) bond motifs is 3. The van der Waals surface area contributed by atoms with Crippen LogP contribution in [0.4, 0.5) is 17.1 Å². The molecule has 234 valence electrons. The van der Waals surface area contributed by atoms with Crippen LogP contribution in [0.5, 0.6) is 5.75 Å². The quantitative estimate of drug-likeness (QED) is 0.176. The molecule has 0 bridgehead atoms. The molecule has 6 nitrogen and oxygen atoms in total. The van der Waals surface area contributed by atoms with Gasteiger partial charge < -0.3 is 18.6 Å². The van der Waals surface area contributed by atoms with Crippen molar-refractivity contribution in [1.29, 1.82) is 0 Å². The lowest BCUT2D eigenvalue weighted by Gasteiger charge is -2.25. The molecule has 8 aromatic rings. The molecule has 48 heavy (non-hydrogen) atoms. The van der Waals surface area contributed by atoms with Crippen LogP contribution in [0.1, 0.15) is 20.8 Å². The van der Waals surface area contributed by atoms with E-state index in [2.05, 4.69) is 129 Å². The largest absolute Gasteiger partial charge is 0.488 e. The third-order valence-electron chi connectivity index (χ3n) is 8.27. The lowest BCUT2D eigenvalue weighted by molar-refractivity contribution is 0.131. The predicted molar refractivity (Wildman–Crippen MR) is 195 cm³/mol. The maximum Gasteiger partial charge on any atom is 0.248 e. The number of rotatable bonds is 7. The van der Waals surface area contributed by atoms with E-state index < -0.39 is 0 Å². The number of benzene rings is 6. The van der Waals surface area contributed by atoms with Crippen molar-refractivity contribution in [2.24, 2.45) is 0 Å². The van der Waals surface area contributed by atoms with Crippen molar-refractivity contribution in [2.45, 2.75) is 26.4 Å². The van der Waals surface area contributed by atoms with E-state index >= 15 is 0 Å². The highest BCUT2D eigenvalue weighted by Gasteiger charge is 2.18. The number of nitrogens with zero attached hydrogens (tertiary/aromatic N) is 4. The summed E-state index contributed by atoms with van der Waals surface area (Å²) in [5.41, 5.74) is 8.06. The molecule has 2 aromatic heterocycles. The van der Waals surface area contributed by atoms with Gasteiger partial charge in [-0.05, 0) is 118 Å². The first-order valence-corrected chi connectivity index (χ1v) is 16.1. The molecule has 0 radical (unpaired) electrons. The number of aromatic nitrogens is 3. The van der Waals surface area contributed by atoms with Crippen molar-refractivity contribution in [3.05, 3.63) is 152 Å². The second kappa shape index (κ2) is 11.9. The molecule has 6 heteroatoms. The van der Waals surface area contributed by atoms with Crippen molar-refractivity contribution in [1.82, 2.24) is 14.8 Å². The SMILES string of the molecule is CC(C)(C)Oc1ccc(-c2nnc(-c3ccc(N(c4ccccc4)c4ccc5c(c4)c4ccccc4n5-c4ccccc4)cc3)o2)cc1. The van der Waals surface area contributed by atoms with Gasteiger partial charge in [0.25, 0.3) is 0 Å². The standard InChI is InChI=1S/C42H34N4O2/c1-42(2,3)48-35-25-20-30(21-26-35)41-44-43-40(47-41)29-18-22-33(23-19-29)45(31-12-6-4-7-13-31)34-24-27-39-37(28-34)36-16-10-11-17-38(36)46(39)32-14-8-5-9-15-32/h4-28H,1-3H3. The minimum Gasteiger partial charge on any atom is -0.488 e. The highest BCUT2D eigenvalue weighted by atomic mass is 16.5. The maximum atomic E-state index is 6.12. The lowest BCUT2D eigenvalue weighted by atomic mass is 10.1. The number of ether oxygens (including phenoxy) is 1. The Morgan fingerprint density at radius 1 is 0.542 bits per heavy atom. The first-order chi connectivity index (χ1) is 23.4. The van der Waals surface area contributed by atoms with E-state index in [1.54, 1.807) is 0 Å². The van der Waals surface area contributed by atoms with Gasteiger partial charge in [-0.3, -0.25) is 0 Å². The normalized spacial score (nSPS) is 11.6. The second-order valence-corrected chi connectivity index (χ2v) is 12.8. The zero-order valence-electron chi connectivity index (χ0n) is 27.0. The summed E-state index contributed by atoms with van der Waals surface area (Å²) in [4.78, 5) is 2.28. The molecule has 0 fully saturated rings. The zero-order chi connectivity index (χ0) is 32.7. The molecule has 0 aliphatic heterocycles. The van der Waals surface area contributed by atoms with Gasteiger partial charge in [0.2, 0.25) is 11.8 Å². The van der Waals surface area contributed by atoms with Crippen LogP contribution in [0.2, 0.25) is 0 Å². The summed E-state index contributed by atoms with van der Waals surface area (Å²) in [5, 5.41) is 11.1. The Labute approximate surface area is 279 Å². The molecule has 0 aliphatic carbocycles. The summed E-state index contributed by atoms with van der Waals surface area (Å²) in [5.74, 6) is 1.73. The summed E-state index contributed by atoms with van der Waals surface area (Å²) in [6, 6.07) is 52.3. The Morgan fingerprint density at radius 3 is 1.75 bits per heavy atom. The smallest absolute Gasteiger partial charge is 0.248 e. The first-order valence-electron chi connectivity index (χ1n) is 16.1. The van der Waals surface area contributed by atoms with Crippen LogP contribution in [0.25, 0.3) is 50.4 Å². The van der Waals surface area contributed by atoms with E-state index in [-0.39, 0.29) is 5.60 Å². The van der Waals surface area contributed by atoms with Crippen LogP contribution >= 0.6 is 0 Å². The van der Waals surface area contributed by atoms with E-state index in [0.717, 1.165) is 45.1 Å². The van der Waals surface area contributed by atoms with Gasteiger partial charge in [-0.25, -0.2) is 0 Å². The molecule has 0 unspecified atom stereocenters. The summed E-state index contributed by atoms with van der Waals surface area (Å²) in [6.07, 6.45) is 0. The fraction of sp³-hybridized carbons (Fsp3) is 0.0952. The van der Waals surface area contributed by atoms with Crippen LogP contribution in [0.3, 0.4) is 0 Å². The third kappa shape index (κ3) is 5.58. The van der Waals surface area contributed by atoms with E-state index in [1.807, 2.05) is 63.2 Å². The van der Waals surface area contributed by atoms with Gasteiger partial charge in [0.15, 0.2) is 0 Å².